The lowest BCUT2D eigenvalue weighted by atomic mass is 10.2. The number of hydrogen-bond donors (Lipinski definition) is 1. The molecule has 0 aliphatic rings. The number of aryl methyl sites for hydroxylation is 1. The molecule has 1 heterocycles. The van der Waals surface area contributed by atoms with Crippen LogP contribution in [0.15, 0.2) is 30.3 Å². The zero-order valence-corrected chi connectivity index (χ0v) is 11.7. The molecule has 0 fully saturated rings. The summed E-state index contributed by atoms with van der Waals surface area (Å²) in [6.07, 6.45) is 0.445. The quantitative estimate of drug-likeness (QED) is 0.932. The number of nitrogens with zero attached hydrogens (tertiary/aromatic N) is 2. The highest BCUT2D eigenvalue weighted by molar-refractivity contribution is 6.30. The van der Waals surface area contributed by atoms with Gasteiger partial charge in [-0.25, -0.2) is 0 Å². The van der Waals surface area contributed by atoms with E-state index in [0.717, 1.165) is 11.3 Å². The zero-order chi connectivity index (χ0) is 13.8. The van der Waals surface area contributed by atoms with Gasteiger partial charge in [-0.05, 0) is 24.6 Å². The minimum Gasteiger partial charge on any atom is -0.309 e. The molecule has 1 N–H and O–H groups in total. The van der Waals surface area contributed by atoms with Gasteiger partial charge in [0, 0.05) is 23.2 Å². The van der Waals surface area contributed by atoms with E-state index < -0.39 is 0 Å². The molecular weight excluding hydrogens is 262 g/mol. The fourth-order valence-corrected chi connectivity index (χ4v) is 1.98. The Balaban J connectivity index is 2.15. The van der Waals surface area contributed by atoms with Gasteiger partial charge in [0.1, 0.15) is 0 Å². The van der Waals surface area contributed by atoms with Crippen molar-refractivity contribution in [1.29, 1.82) is 0 Å². The predicted molar refractivity (Wildman–Crippen MR) is 76.4 cm³/mol. The van der Waals surface area contributed by atoms with E-state index >= 15 is 0 Å². The number of carbonyl (C=O) groups excluding carboxylic acids is 1. The topological polar surface area (TPSA) is 46.9 Å². The van der Waals surface area contributed by atoms with Crippen molar-refractivity contribution in [1.82, 2.24) is 9.78 Å². The Labute approximate surface area is 117 Å². The number of benzene rings is 1. The Bertz CT molecular complexity index is 592. The summed E-state index contributed by atoms with van der Waals surface area (Å²) in [5.41, 5.74) is 2.07. The molecule has 100 valence electrons. The van der Waals surface area contributed by atoms with Crippen molar-refractivity contribution in [3.63, 3.8) is 0 Å². The number of aromatic nitrogens is 2. The molecule has 0 saturated carbocycles. The molecule has 19 heavy (non-hydrogen) atoms. The summed E-state index contributed by atoms with van der Waals surface area (Å²) < 4.78 is 1.84. The van der Waals surface area contributed by atoms with E-state index in [4.69, 9.17) is 11.6 Å². The fraction of sp³-hybridized carbons (Fsp3) is 0.286. The van der Waals surface area contributed by atoms with Gasteiger partial charge in [0.2, 0.25) is 5.91 Å². The van der Waals surface area contributed by atoms with Gasteiger partial charge < -0.3 is 5.32 Å². The molecule has 2 rings (SSSR count). The third kappa shape index (κ3) is 3.58. The molecule has 0 aliphatic heterocycles. The van der Waals surface area contributed by atoms with Gasteiger partial charge >= 0.3 is 0 Å². The van der Waals surface area contributed by atoms with E-state index in [1.54, 1.807) is 0 Å². The molecule has 0 bridgehead atoms. The number of rotatable bonds is 4. The van der Waals surface area contributed by atoms with Crippen molar-refractivity contribution >= 4 is 23.3 Å². The van der Waals surface area contributed by atoms with E-state index in [-0.39, 0.29) is 5.91 Å². The highest BCUT2D eigenvalue weighted by Gasteiger charge is 2.07. The van der Waals surface area contributed by atoms with E-state index in [2.05, 4.69) is 10.4 Å². The van der Waals surface area contributed by atoms with Gasteiger partial charge in [0.15, 0.2) is 5.82 Å². The Morgan fingerprint density at radius 1 is 1.42 bits per heavy atom. The van der Waals surface area contributed by atoms with Crippen LogP contribution in [0.3, 0.4) is 0 Å². The van der Waals surface area contributed by atoms with Crippen molar-refractivity contribution in [2.24, 2.45) is 0 Å². The van der Waals surface area contributed by atoms with Gasteiger partial charge in [0.25, 0.3) is 0 Å². The van der Waals surface area contributed by atoms with Crippen LogP contribution in [0.2, 0.25) is 5.02 Å². The predicted octanol–water partition coefficient (Wildman–Crippen LogP) is 3.24. The summed E-state index contributed by atoms with van der Waals surface area (Å²) in [7, 11) is 0. The average molecular weight is 278 g/mol. The van der Waals surface area contributed by atoms with Crippen molar-refractivity contribution < 1.29 is 4.79 Å². The van der Waals surface area contributed by atoms with Crippen LogP contribution in [0.25, 0.3) is 0 Å². The molecule has 0 saturated heterocycles. The molecule has 0 spiro atoms. The van der Waals surface area contributed by atoms with Crippen LogP contribution in [-0.2, 0) is 11.3 Å². The first-order valence-electron chi connectivity index (χ1n) is 6.17. The first kappa shape index (κ1) is 13.6. The standard InChI is InChI=1S/C14H16ClN3O/c1-3-14(19)16-13-7-10(2)18(17-13)9-11-5-4-6-12(15)8-11/h4-8H,3,9H2,1-2H3,(H,16,17,19). The Kier molecular flexibility index (Phi) is 4.22. The maximum Gasteiger partial charge on any atom is 0.225 e. The number of anilines is 1. The van der Waals surface area contributed by atoms with Crippen molar-refractivity contribution in [3.8, 4) is 0 Å². The Hall–Kier alpha value is -1.81. The van der Waals surface area contributed by atoms with E-state index in [0.29, 0.717) is 23.8 Å². The Morgan fingerprint density at radius 2 is 2.21 bits per heavy atom. The highest BCUT2D eigenvalue weighted by Crippen LogP contribution is 2.14. The molecular formula is C14H16ClN3O. The van der Waals surface area contributed by atoms with Gasteiger partial charge in [0.05, 0.1) is 6.54 Å². The molecule has 1 aromatic heterocycles. The molecule has 5 heteroatoms. The van der Waals surface area contributed by atoms with Crippen LogP contribution in [-0.4, -0.2) is 15.7 Å². The molecule has 4 nitrogen and oxygen atoms in total. The maximum absolute atomic E-state index is 11.3. The lowest BCUT2D eigenvalue weighted by molar-refractivity contribution is -0.115. The maximum atomic E-state index is 11.3. The molecule has 0 atom stereocenters. The first-order valence-corrected chi connectivity index (χ1v) is 6.55. The molecule has 1 amide bonds. The largest absolute Gasteiger partial charge is 0.309 e. The summed E-state index contributed by atoms with van der Waals surface area (Å²) in [6, 6.07) is 9.52. The number of amides is 1. The second-order valence-corrected chi connectivity index (χ2v) is 4.80. The van der Waals surface area contributed by atoms with Crippen LogP contribution >= 0.6 is 11.6 Å². The summed E-state index contributed by atoms with van der Waals surface area (Å²) in [4.78, 5) is 11.3. The molecule has 0 radical (unpaired) electrons. The summed E-state index contributed by atoms with van der Waals surface area (Å²) in [6.45, 7) is 4.40. The second-order valence-electron chi connectivity index (χ2n) is 4.36. The zero-order valence-electron chi connectivity index (χ0n) is 11.0. The van der Waals surface area contributed by atoms with Crippen LogP contribution < -0.4 is 5.32 Å². The van der Waals surface area contributed by atoms with E-state index in [1.165, 1.54) is 0 Å². The lowest BCUT2D eigenvalue weighted by Gasteiger charge is -2.04. The number of hydrogen-bond acceptors (Lipinski definition) is 2. The van der Waals surface area contributed by atoms with Gasteiger partial charge in [-0.1, -0.05) is 30.7 Å². The fourth-order valence-electron chi connectivity index (χ4n) is 1.77. The summed E-state index contributed by atoms with van der Waals surface area (Å²) in [5.74, 6) is 0.554. The van der Waals surface area contributed by atoms with Crippen molar-refractivity contribution in [2.45, 2.75) is 26.8 Å². The van der Waals surface area contributed by atoms with E-state index in [1.807, 2.05) is 48.9 Å². The van der Waals surface area contributed by atoms with Crippen LogP contribution in [0.1, 0.15) is 24.6 Å². The number of halogens is 1. The number of carbonyl (C=O) groups is 1. The first-order chi connectivity index (χ1) is 9.08. The van der Waals surface area contributed by atoms with Gasteiger partial charge in [-0.2, -0.15) is 5.10 Å². The third-order valence-corrected chi connectivity index (χ3v) is 3.03. The second kappa shape index (κ2) is 5.89. The van der Waals surface area contributed by atoms with Crippen LogP contribution in [0.5, 0.6) is 0 Å². The summed E-state index contributed by atoms with van der Waals surface area (Å²) in [5, 5.41) is 7.83. The SMILES string of the molecule is CCC(=O)Nc1cc(C)n(Cc2cccc(Cl)c2)n1. The smallest absolute Gasteiger partial charge is 0.225 e. The molecule has 2 aromatic rings. The summed E-state index contributed by atoms with van der Waals surface area (Å²) >= 11 is 5.96. The van der Waals surface area contributed by atoms with Crippen LogP contribution in [0.4, 0.5) is 5.82 Å². The lowest BCUT2D eigenvalue weighted by Crippen LogP contribution is -2.10. The minimum absolute atomic E-state index is 0.0348. The van der Waals surface area contributed by atoms with Crippen LogP contribution in [0, 0.1) is 6.92 Å². The molecule has 0 aliphatic carbocycles. The molecule has 1 aromatic carbocycles. The monoisotopic (exact) mass is 277 g/mol. The number of nitrogens with one attached hydrogen (secondary N) is 1. The van der Waals surface area contributed by atoms with E-state index in [9.17, 15) is 4.79 Å². The van der Waals surface area contributed by atoms with Crippen molar-refractivity contribution in [3.05, 3.63) is 46.6 Å². The normalized spacial score (nSPS) is 10.5. The van der Waals surface area contributed by atoms with Gasteiger partial charge in [-0.3, -0.25) is 9.48 Å². The average Bonchev–Trinajstić information content (AvgIpc) is 2.69. The minimum atomic E-state index is -0.0348. The molecule has 0 unspecified atom stereocenters. The highest BCUT2D eigenvalue weighted by atomic mass is 35.5. The van der Waals surface area contributed by atoms with Gasteiger partial charge in [-0.15, -0.1) is 0 Å². The van der Waals surface area contributed by atoms with Crippen molar-refractivity contribution in [2.75, 3.05) is 5.32 Å². The Morgan fingerprint density at radius 3 is 2.89 bits per heavy atom. The third-order valence-electron chi connectivity index (χ3n) is 2.79.